The standard InChI is InChI=1S/C19H20F2N6O2/c1-29-19(28)26-12-4-2-3-11(6-12)25-18-15(21)9-24-17(27-18)14-8-23-16-13(14)5-10(20)7-22-16/h5,7-9,11-12H,2-4,6H2,1H3,(H,22,23)(H,26,28)(H,24,25,27)/t11-,12+/m1/s1. The third-order valence-electron chi connectivity index (χ3n) is 5.01. The Labute approximate surface area is 165 Å². The number of amides is 1. The van der Waals surface area contributed by atoms with Gasteiger partial charge in [0.25, 0.3) is 0 Å². The van der Waals surface area contributed by atoms with Crippen molar-refractivity contribution in [2.45, 2.75) is 37.8 Å². The molecule has 0 saturated heterocycles. The minimum atomic E-state index is -0.582. The number of hydrogen-bond donors (Lipinski definition) is 3. The molecule has 3 N–H and O–H groups in total. The highest BCUT2D eigenvalue weighted by Gasteiger charge is 2.25. The molecule has 0 aliphatic heterocycles. The van der Waals surface area contributed by atoms with Crippen molar-refractivity contribution in [2.75, 3.05) is 12.4 Å². The molecule has 1 aliphatic rings. The lowest BCUT2D eigenvalue weighted by Crippen LogP contribution is -2.41. The van der Waals surface area contributed by atoms with Gasteiger partial charge in [-0.25, -0.2) is 28.5 Å². The first-order valence-corrected chi connectivity index (χ1v) is 9.30. The van der Waals surface area contributed by atoms with E-state index in [2.05, 4.69) is 35.3 Å². The van der Waals surface area contributed by atoms with Gasteiger partial charge in [-0.3, -0.25) is 0 Å². The van der Waals surface area contributed by atoms with Crippen LogP contribution in [0.5, 0.6) is 0 Å². The second-order valence-electron chi connectivity index (χ2n) is 6.98. The number of nitrogens with zero attached hydrogens (tertiary/aromatic N) is 3. The summed E-state index contributed by atoms with van der Waals surface area (Å²) in [4.78, 5) is 26.7. The van der Waals surface area contributed by atoms with Crippen LogP contribution in [-0.4, -0.2) is 45.2 Å². The Morgan fingerprint density at radius 3 is 2.90 bits per heavy atom. The average Bonchev–Trinajstić information content (AvgIpc) is 3.13. The Bertz CT molecular complexity index is 1040. The number of fused-ring (bicyclic) bond motifs is 1. The lowest BCUT2D eigenvalue weighted by atomic mass is 9.91. The number of anilines is 1. The van der Waals surface area contributed by atoms with Gasteiger partial charge in [0.15, 0.2) is 17.5 Å². The van der Waals surface area contributed by atoms with Crippen molar-refractivity contribution >= 4 is 22.9 Å². The summed E-state index contributed by atoms with van der Waals surface area (Å²) >= 11 is 0. The van der Waals surface area contributed by atoms with Crippen LogP contribution < -0.4 is 10.6 Å². The van der Waals surface area contributed by atoms with Crippen molar-refractivity contribution < 1.29 is 18.3 Å². The molecule has 10 heteroatoms. The van der Waals surface area contributed by atoms with E-state index in [0.29, 0.717) is 23.0 Å². The molecule has 1 aliphatic carbocycles. The van der Waals surface area contributed by atoms with Crippen LogP contribution in [0, 0.1) is 11.6 Å². The number of methoxy groups -OCH3 is 1. The highest BCUT2D eigenvalue weighted by molar-refractivity contribution is 5.91. The molecule has 3 aromatic heterocycles. The minimum absolute atomic E-state index is 0.0549. The van der Waals surface area contributed by atoms with Crippen LogP contribution >= 0.6 is 0 Å². The van der Waals surface area contributed by atoms with E-state index in [-0.39, 0.29) is 23.7 Å². The molecule has 8 nitrogen and oxygen atoms in total. The quantitative estimate of drug-likeness (QED) is 0.618. The number of alkyl carbamates (subject to hydrolysis) is 1. The molecule has 0 bridgehead atoms. The number of ether oxygens (including phenoxy) is 1. The number of aromatic amines is 1. The summed E-state index contributed by atoms with van der Waals surface area (Å²) in [6, 6.07) is 1.21. The molecule has 1 saturated carbocycles. The van der Waals surface area contributed by atoms with E-state index in [4.69, 9.17) is 0 Å². The van der Waals surface area contributed by atoms with Crippen molar-refractivity contribution in [3.05, 3.63) is 36.3 Å². The number of pyridine rings is 1. The SMILES string of the molecule is COC(=O)N[C@H]1CCC[C@@H](Nc2nc(-c3c[nH]c4ncc(F)cc34)ncc2F)C1. The second kappa shape index (κ2) is 7.98. The van der Waals surface area contributed by atoms with Crippen molar-refractivity contribution in [1.29, 1.82) is 0 Å². The van der Waals surface area contributed by atoms with Crippen LogP contribution in [-0.2, 0) is 4.74 Å². The van der Waals surface area contributed by atoms with Gasteiger partial charge >= 0.3 is 6.09 Å². The number of rotatable bonds is 4. The summed E-state index contributed by atoms with van der Waals surface area (Å²) < 4.78 is 32.6. The first-order chi connectivity index (χ1) is 14.0. The lowest BCUT2D eigenvalue weighted by Gasteiger charge is -2.30. The number of carbonyl (C=O) groups is 1. The largest absolute Gasteiger partial charge is 0.453 e. The number of halogens is 2. The first-order valence-electron chi connectivity index (χ1n) is 9.30. The zero-order valence-corrected chi connectivity index (χ0v) is 15.7. The van der Waals surface area contributed by atoms with Gasteiger partial charge in [-0.2, -0.15) is 0 Å². The minimum Gasteiger partial charge on any atom is -0.453 e. The van der Waals surface area contributed by atoms with E-state index < -0.39 is 17.7 Å². The van der Waals surface area contributed by atoms with Gasteiger partial charge in [0.2, 0.25) is 0 Å². The average molecular weight is 402 g/mol. The third kappa shape index (κ3) is 4.10. The fourth-order valence-corrected chi connectivity index (χ4v) is 3.63. The van der Waals surface area contributed by atoms with Gasteiger partial charge in [-0.1, -0.05) is 0 Å². The van der Waals surface area contributed by atoms with Crippen molar-refractivity contribution in [1.82, 2.24) is 25.3 Å². The predicted molar refractivity (Wildman–Crippen MR) is 102 cm³/mol. The maximum absolute atomic E-state index is 14.3. The van der Waals surface area contributed by atoms with Crippen LogP contribution in [0.4, 0.5) is 19.4 Å². The van der Waals surface area contributed by atoms with Gasteiger partial charge in [-0.15, -0.1) is 0 Å². The molecule has 29 heavy (non-hydrogen) atoms. The molecule has 4 rings (SSSR count). The molecular formula is C19H20F2N6O2. The topological polar surface area (TPSA) is 105 Å². The zero-order chi connectivity index (χ0) is 20.4. The first kappa shape index (κ1) is 19.0. The van der Waals surface area contributed by atoms with Gasteiger partial charge in [-0.05, 0) is 31.7 Å². The fourth-order valence-electron chi connectivity index (χ4n) is 3.63. The number of carbonyl (C=O) groups excluding carboxylic acids is 1. The van der Waals surface area contributed by atoms with Crippen LogP contribution in [0.2, 0.25) is 0 Å². The molecule has 0 aromatic carbocycles. The van der Waals surface area contributed by atoms with Gasteiger partial charge in [0, 0.05) is 29.2 Å². The van der Waals surface area contributed by atoms with Crippen molar-refractivity contribution in [3.63, 3.8) is 0 Å². The smallest absolute Gasteiger partial charge is 0.407 e. The zero-order valence-electron chi connectivity index (χ0n) is 15.7. The Morgan fingerprint density at radius 2 is 2.07 bits per heavy atom. The van der Waals surface area contributed by atoms with Crippen LogP contribution in [0.25, 0.3) is 22.4 Å². The normalized spacial score (nSPS) is 19.1. The number of aromatic nitrogens is 4. The molecular weight excluding hydrogens is 382 g/mol. The molecule has 0 radical (unpaired) electrons. The number of hydrogen-bond acceptors (Lipinski definition) is 6. The highest BCUT2D eigenvalue weighted by atomic mass is 19.1. The van der Waals surface area contributed by atoms with E-state index in [1.807, 2.05) is 0 Å². The van der Waals surface area contributed by atoms with Gasteiger partial charge in [0.1, 0.15) is 11.5 Å². The van der Waals surface area contributed by atoms with E-state index in [1.54, 1.807) is 6.20 Å². The van der Waals surface area contributed by atoms with Crippen molar-refractivity contribution in [2.24, 2.45) is 0 Å². The molecule has 1 amide bonds. The third-order valence-corrected chi connectivity index (χ3v) is 5.01. The maximum atomic E-state index is 14.3. The molecule has 152 valence electrons. The Balaban J connectivity index is 1.55. The van der Waals surface area contributed by atoms with Gasteiger partial charge in [0.05, 0.1) is 19.5 Å². The summed E-state index contributed by atoms with van der Waals surface area (Å²) in [7, 11) is 1.32. The van der Waals surface area contributed by atoms with E-state index in [9.17, 15) is 13.6 Å². The Kier molecular flexibility index (Phi) is 5.24. The van der Waals surface area contributed by atoms with E-state index >= 15 is 0 Å². The summed E-state index contributed by atoms with van der Waals surface area (Å²) in [5.41, 5.74) is 1.02. The number of H-pyrrole nitrogens is 1. The predicted octanol–water partition coefficient (Wildman–Crippen LogP) is 3.38. The molecule has 1 fully saturated rings. The van der Waals surface area contributed by atoms with Crippen molar-refractivity contribution in [3.8, 4) is 11.4 Å². The molecule has 3 aromatic rings. The summed E-state index contributed by atoms with van der Waals surface area (Å²) in [5.74, 6) is -0.740. The number of nitrogens with one attached hydrogen (secondary N) is 3. The maximum Gasteiger partial charge on any atom is 0.407 e. The molecule has 3 heterocycles. The fraction of sp³-hybridized carbons (Fsp3) is 0.368. The molecule has 0 spiro atoms. The Hall–Kier alpha value is -3.30. The Morgan fingerprint density at radius 1 is 1.24 bits per heavy atom. The summed E-state index contributed by atoms with van der Waals surface area (Å²) in [6.45, 7) is 0. The van der Waals surface area contributed by atoms with E-state index in [1.165, 1.54) is 13.2 Å². The molecule has 0 unspecified atom stereocenters. The van der Waals surface area contributed by atoms with Crippen LogP contribution in [0.15, 0.2) is 24.7 Å². The van der Waals surface area contributed by atoms with Crippen LogP contribution in [0.3, 0.4) is 0 Å². The second-order valence-corrected chi connectivity index (χ2v) is 6.98. The summed E-state index contributed by atoms with van der Waals surface area (Å²) in [6.07, 6.45) is 6.48. The molecule has 2 atom stereocenters. The van der Waals surface area contributed by atoms with Gasteiger partial charge < -0.3 is 20.4 Å². The summed E-state index contributed by atoms with van der Waals surface area (Å²) in [5, 5.41) is 6.41. The lowest BCUT2D eigenvalue weighted by molar-refractivity contribution is 0.162. The van der Waals surface area contributed by atoms with Crippen LogP contribution in [0.1, 0.15) is 25.7 Å². The van der Waals surface area contributed by atoms with E-state index in [0.717, 1.165) is 31.7 Å². The monoisotopic (exact) mass is 402 g/mol. The highest BCUT2D eigenvalue weighted by Crippen LogP contribution is 2.28.